The number of carbonyl (C=O) groups excluding carboxylic acids is 1. The number of carboxylic acids is 1. The summed E-state index contributed by atoms with van der Waals surface area (Å²) in [7, 11) is -3.07. The summed E-state index contributed by atoms with van der Waals surface area (Å²) in [5, 5.41) is 9.32. The van der Waals surface area contributed by atoms with Gasteiger partial charge in [-0.1, -0.05) is 19.3 Å². The van der Waals surface area contributed by atoms with Crippen molar-refractivity contribution >= 4 is 34.1 Å². The molecule has 1 N–H and O–H groups in total. The van der Waals surface area contributed by atoms with E-state index in [1.807, 2.05) is 4.90 Å². The third kappa shape index (κ3) is 4.89. The van der Waals surface area contributed by atoms with Gasteiger partial charge in [0.2, 0.25) is 5.91 Å². The fourth-order valence-electron chi connectivity index (χ4n) is 4.61. The summed E-state index contributed by atoms with van der Waals surface area (Å²) in [6.45, 7) is 0.703. The molecule has 0 bridgehead atoms. The minimum atomic E-state index is -3.07. The SMILES string of the molecule is Cl.O=C(O)[C@@H]1CCCN1CC(=O)N(C1CCCCC1)C1CCS(=O)(=O)C1. The maximum absolute atomic E-state index is 13.1. The van der Waals surface area contributed by atoms with Gasteiger partial charge in [-0.15, -0.1) is 12.4 Å². The van der Waals surface area contributed by atoms with Crippen molar-refractivity contribution in [2.75, 3.05) is 24.6 Å². The molecule has 3 fully saturated rings. The maximum Gasteiger partial charge on any atom is 0.320 e. The van der Waals surface area contributed by atoms with Crippen LogP contribution in [0.1, 0.15) is 51.4 Å². The van der Waals surface area contributed by atoms with Gasteiger partial charge >= 0.3 is 5.97 Å². The van der Waals surface area contributed by atoms with Gasteiger partial charge in [0.25, 0.3) is 0 Å². The Morgan fingerprint density at radius 1 is 1.00 bits per heavy atom. The molecule has 3 aliphatic rings. The van der Waals surface area contributed by atoms with Gasteiger partial charge < -0.3 is 10.0 Å². The average Bonchev–Trinajstić information content (AvgIpc) is 3.15. The Kier molecular flexibility index (Phi) is 7.33. The van der Waals surface area contributed by atoms with Gasteiger partial charge in [0.05, 0.1) is 18.1 Å². The molecule has 150 valence electrons. The second kappa shape index (κ2) is 8.89. The Morgan fingerprint density at radius 2 is 1.69 bits per heavy atom. The monoisotopic (exact) mass is 408 g/mol. The molecule has 1 unspecified atom stereocenters. The van der Waals surface area contributed by atoms with Crippen molar-refractivity contribution in [1.29, 1.82) is 0 Å². The van der Waals surface area contributed by atoms with Crippen LogP contribution in [0.3, 0.4) is 0 Å². The number of hydrogen-bond donors (Lipinski definition) is 1. The standard InChI is InChI=1S/C17H28N2O5S.ClH/c20-16(11-18-9-4-7-15(18)17(21)22)19(13-5-2-1-3-6-13)14-8-10-25(23,24)12-14;/h13-15H,1-12H2,(H,21,22);1H/t14?,15-;/m0./s1. The quantitative estimate of drug-likeness (QED) is 0.736. The molecule has 0 aromatic carbocycles. The molecule has 0 aromatic heterocycles. The summed E-state index contributed by atoms with van der Waals surface area (Å²) in [6, 6.07) is -0.735. The molecular formula is C17H29ClN2O5S. The lowest BCUT2D eigenvalue weighted by Crippen LogP contribution is -2.53. The zero-order valence-corrected chi connectivity index (χ0v) is 16.6. The number of rotatable bonds is 5. The highest BCUT2D eigenvalue weighted by Crippen LogP contribution is 2.29. The first-order valence-corrected chi connectivity index (χ1v) is 11.2. The molecule has 1 aliphatic carbocycles. The molecule has 1 saturated carbocycles. The highest BCUT2D eigenvalue weighted by atomic mass is 35.5. The van der Waals surface area contributed by atoms with Crippen LogP contribution in [0.4, 0.5) is 0 Å². The van der Waals surface area contributed by atoms with Gasteiger partial charge in [0.1, 0.15) is 6.04 Å². The molecule has 9 heteroatoms. The Morgan fingerprint density at radius 3 is 2.27 bits per heavy atom. The van der Waals surface area contributed by atoms with Crippen molar-refractivity contribution in [2.24, 2.45) is 0 Å². The molecule has 26 heavy (non-hydrogen) atoms. The fourth-order valence-corrected chi connectivity index (χ4v) is 6.32. The van der Waals surface area contributed by atoms with Gasteiger partial charge in [0, 0.05) is 12.1 Å². The third-order valence-corrected chi connectivity index (χ3v) is 7.60. The van der Waals surface area contributed by atoms with E-state index in [0.29, 0.717) is 19.4 Å². The zero-order valence-electron chi connectivity index (χ0n) is 15.0. The van der Waals surface area contributed by atoms with Crippen LogP contribution in [-0.2, 0) is 19.4 Å². The van der Waals surface area contributed by atoms with Gasteiger partial charge in [0.15, 0.2) is 9.84 Å². The summed E-state index contributed by atoms with van der Waals surface area (Å²) >= 11 is 0. The number of sulfone groups is 1. The normalized spacial score (nSPS) is 29.2. The van der Waals surface area contributed by atoms with Crippen LogP contribution >= 0.6 is 12.4 Å². The number of halogens is 1. The van der Waals surface area contributed by atoms with Crippen LogP contribution < -0.4 is 0 Å². The van der Waals surface area contributed by atoms with Crippen molar-refractivity contribution < 1.29 is 23.1 Å². The topological polar surface area (TPSA) is 95.0 Å². The predicted molar refractivity (Wildman–Crippen MR) is 100 cm³/mol. The van der Waals surface area contributed by atoms with Crippen LogP contribution in [-0.4, -0.2) is 77.9 Å². The Balaban J connectivity index is 0.00000243. The fraction of sp³-hybridized carbons (Fsp3) is 0.882. The molecule has 7 nitrogen and oxygen atoms in total. The van der Waals surface area contributed by atoms with Gasteiger partial charge in [-0.05, 0) is 38.6 Å². The Bertz CT molecular complexity index is 621. The minimum absolute atomic E-state index is 0. The lowest BCUT2D eigenvalue weighted by Gasteiger charge is -2.39. The molecule has 1 amide bonds. The smallest absolute Gasteiger partial charge is 0.320 e. The Hall–Kier alpha value is -0.860. The number of carboxylic acid groups (broad SMARTS) is 1. The van der Waals surface area contributed by atoms with Gasteiger partial charge in [-0.2, -0.15) is 0 Å². The lowest BCUT2D eigenvalue weighted by atomic mass is 9.92. The van der Waals surface area contributed by atoms with E-state index in [1.165, 1.54) is 0 Å². The number of carbonyl (C=O) groups is 2. The second-order valence-electron chi connectivity index (χ2n) is 7.62. The van der Waals surface area contributed by atoms with Crippen LogP contribution in [0.5, 0.6) is 0 Å². The second-order valence-corrected chi connectivity index (χ2v) is 9.85. The van der Waals surface area contributed by atoms with Gasteiger partial charge in [-0.25, -0.2) is 8.42 Å². The van der Waals surface area contributed by atoms with Crippen LogP contribution in [0.2, 0.25) is 0 Å². The number of likely N-dealkylation sites (tertiary alicyclic amines) is 1. The summed E-state index contributed by atoms with van der Waals surface area (Å²) < 4.78 is 23.8. The minimum Gasteiger partial charge on any atom is -0.480 e. The van der Waals surface area contributed by atoms with Crippen LogP contribution in [0, 0.1) is 0 Å². The molecule has 0 spiro atoms. The van der Waals surface area contributed by atoms with Crippen molar-refractivity contribution in [3.05, 3.63) is 0 Å². The van der Waals surface area contributed by atoms with Crippen molar-refractivity contribution in [2.45, 2.75) is 69.5 Å². The molecule has 2 heterocycles. The maximum atomic E-state index is 13.1. The van der Waals surface area contributed by atoms with E-state index < -0.39 is 21.8 Å². The summed E-state index contributed by atoms with van der Waals surface area (Å²) in [5.41, 5.74) is 0. The average molecular weight is 409 g/mol. The van der Waals surface area contributed by atoms with E-state index in [-0.39, 0.29) is 48.4 Å². The molecule has 2 atom stereocenters. The number of nitrogens with zero attached hydrogens (tertiary/aromatic N) is 2. The molecule has 0 aromatic rings. The van der Waals surface area contributed by atoms with Crippen molar-refractivity contribution in [3.63, 3.8) is 0 Å². The highest BCUT2D eigenvalue weighted by molar-refractivity contribution is 7.91. The van der Waals surface area contributed by atoms with E-state index in [2.05, 4.69) is 0 Å². The lowest BCUT2D eigenvalue weighted by molar-refractivity contribution is -0.144. The van der Waals surface area contributed by atoms with Crippen LogP contribution in [0.15, 0.2) is 0 Å². The largest absolute Gasteiger partial charge is 0.480 e. The number of hydrogen-bond acceptors (Lipinski definition) is 5. The van der Waals surface area contributed by atoms with E-state index in [9.17, 15) is 23.1 Å². The first-order chi connectivity index (χ1) is 11.9. The summed E-state index contributed by atoms with van der Waals surface area (Å²) in [4.78, 5) is 28.0. The molecule has 0 radical (unpaired) electrons. The van der Waals surface area contributed by atoms with Crippen LogP contribution in [0.25, 0.3) is 0 Å². The van der Waals surface area contributed by atoms with Crippen molar-refractivity contribution in [3.8, 4) is 0 Å². The first-order valence-electron chi connectivity index (χ1n) is 9.36. The zero-order chi connectivity index (χ0) is 18.0. The summed E-state index contributed by atoms with van der Waals surface area (Å²) in [5.74, 6) is -0.771. The molecule has 2 aliphatic heterocycles. The van der Waals surface area contributed by atoms with E-state index in [4.69, 9.17) is 0 Å². The first kappa shape index (κ1) is 21.4. The van der Waals surface area contributed by atoms with Gasteiger partial charge in [-0.3, -0.25) is 14.5 Å². The van der Waals surface area contributed by atoms with E-state index in [1.54, 1.807) is 4.90 Å². The molecular weight excluding hydrogens is 380 g/mol. The predicted octanol–water partition coefficient (Wildman–Crippen LogP) is 1.31. The third-order valence-electron chi connectivity index (χ3n) is 5.84. The molecule has 2 saturated heterocycles. The van der Waals surface area contributed by atoms with Crippen molar-refractivity contribution in [1.82, 2.24) is 9.80 Å². The molecule has 3 rings (SSSR count). The highest BCUT2D eigenvalue weighted by Gasteiger charge is 2.40. The van der Waals surface area contributed by atoms with E-state index in [0.717, 1.165) is 38.5 Å². The Labute approximate surface area is 161 Å². The number of aliphatic carboxylic acids is 1. The van der Waals surface area contributed by atoms with E-state index >= 15 is 0 Å². The summed E-state index contributed by atoms with van der Waals surface area (Å²) in [6.07, 6.45) is 7.00. The number of amides is 1.